The summed E-state index contributed by atoms with van der Waals surface area (Å²) in [6, 6.07) is 22.7. The van der Waals surface area contributed by atoms with Crippen LogP contribution in [-0.4, -0.2) is 46.0 Å². The van der Waals surface area contributed by atoms with Gasteiger partial charge < -0.3 is 15.2 Å². The minimum absolute atomic E-state index is 0.119. The number of rotatable bonds is 9. The second kappa shape index (κ2) is 10.4. The second-order valence-corrected chi connectivity index (χ2v) is 7.11. The van der Waals surface area contributed by atoms with Crippen molar-refractivity contribution in [3.8, 4) is 28.3 Å². The molecular formula is C25H24N4O3. The number of H-pyrrole nitrogens is 1. The van der Waals surface area contributed by atoms with E-state index in [1.807, 2.05) is 54.6 Å². The van der Waals surface area contributed by atoms with E-state index in [1.165, 1.54) is 0 Å². The maximum absolute atomic E-state index is 13.1. The van der Waals surface area contributed by atoms with Crippen molar-refractivity contribution < 1.29 is 14.6 Å². The molecule has 0 saturated carbocycles. The molecule has 0 fully saturated rings. The average Bonchev–Trinajstić information content (AvgIpc) is 3.33. The standard InChI is InChI=1S/C25H24N4O3/c30-15-16-32-23-11-6-10-20(25(31)27-14-12-19-9-4-5-13-26-19)24(23)22-17-21(28-29-22)18-7-2-1-3-8-18/h1-11,13,17,30H,12,14-16H2,(H,27,31)(H,28,29). The van der Waals surface area contributed by atoms with Crippen molar-refractivity contribution >= 4 is 5.91 Å². The fraction of sp³-hybridized carbons (Fsp3) is 0.160. The first kappa shape index (κ1) is 21.3. The van der Waals surface area contributed by atoms with Crippen molar-refractivity contribution in [2.24, 2.45) is 0 Å². The lowest BCUT2D eigenvalue weighted by Crippen LogP contribution is -2.26. The van der Waals surface area contributed by atoms with E-state index in [4.69, 9.17) is 4.74 Å². The predicted molar refractivity (Wildman–Crippen MR) is 122 cm³/mol. The van der Waals surface area contributed by atoms with Crippen molar-refractivity contribution in [3.63, 3.8) is 0 Å². The number of aromatic amines is 1. The van der Waals surface area contributed by atoms with Gasteiger partial charge in [0.2, 0.25) is 0 Å². The third-order valence-corrected chi connectivity index (χ3v) is 4.93. The van der Waals surface area contributed by atoms with Gasteiger partial charge in [-0.25, -0.2) is 0 Å². The Morgan fingerprint density at radius 2 is 1.88 bits per heavy atom. The van der Waals surface area contributed by atoms with Crippen LogP contribution < -0.4 is 10.1 Å². The Kier molecular flexibility index (Phi) is 6.89. The Morgan fingerprint density at radius 1 is 1.03 bits per heavy atom. The molecule has 3 N–H and O–H groups in total. The summed E-state index contributed by atoms with van der Waals surface area (Å²) in [6.45, 7) is 0.441. The summed E-state index contributed by atoms with van der Waals surface area (Å²) in [5.74, 6) is 0.261. The molecule has 32 heavy (non-hydrogen) atoms. The zero-order chi connectivity index (χ0) is 22.2. The summed E-state index contributed by atoms with van der Waals surface area (Å²) < 4.78 is 5.73. The molecule has 2 heterocycles. The van der Waals surface area contributed by atoms with Gasteiger partial charge in [0.15, 0.2) is 0 Å². The topological polar surface area (TPSA) is 100 Å². The molecule has 2 aromatic carbocycles. The van der Waals surface area contributed by atoms with Crippen LogP contribution in [0.3, 0.4) is 0 Å². The first-order valence-corrected chi connectivity index (χ1v) is 10.4. The van der Waals surface area contributed by atoms with E-state index in [0.29, 0.717) is 35.5 Å². The van der Waals surface area contributed by atoms with Crippen LogP contribution in [0.4, 0.5) is 0 Å². The molecule has 0 bridgehead atoms. The van der Waals surface area contributed by atoms with Gasteiger partial charge in [0.1, 0.15) is 12.4 Å². The van der Waals surface area contributed by atoms with Crippen LogP contribution in [0.25, 0.3) is 22.5 Å². The van der Waals surface area contributed by atoms with E-state index in [1.54, 1.807) is 24.4 Å². The molecule has 4 aromatic rings. The highest BCUT2D eigenvalue weighted by molar-refractivity contribution is 6.02. The number of benzene rings is 2. The highest BCUT2D eigenvalue weighted by Gasteiger charge is 2.20. The first-order valence-electron chi connectivity index (χ1n) is 10.4. The number of aliphatic hydroxyl groups is 1. The summed E-state index contributed by atoms with van der Waals surface area (Å²) in [5.41, 5.74) is 4.35. The summed E-state index contributed by atoms with van der Waals surface area (Å²) >= 11 is 0. The van der Waals surface area contributed by atoms with Crippen LogP contribution in [0.15, 0.2) is 79.0 Å². The Bertz CT molecular complexity index is 1160. The fourth-order valence-electron chi connectivity index (χ4n) is 3.42. The van der Waals surface area contributed by atoms with Gasteiger partial charge in [-0.3, -0.25) is 14.9 Å². The molecule has 0 atom stereocenters. The number of aromatic nitrogens is 3. The number of pyridine rings is 1. The minimum Gasteiger partial charge on any atom is -0.490 e. The summed E-state index contributed by atoms with van der Waals surface area (Å²) in [4.78, 5) is 17.3. The van der Waals surface area contributed by atoms with Crippen LogP contribution in [-0.2, 0) is 6.42 Å². The third-order valence-electron chi connectivity index (χ3n) is 4.93. The molecule has 162 valence electrons. The number of nitrogens with one attached hydrogen (secondary N) is 2. The number of amides is 1. The number of hydrogen-bond donors (Lipinski definition) is 3. The van der Waals surface area contributed by atoms with Crippen LogP contribution in [0, 0.1) is 0 Å². The SMILES string of the molecule is O=C(NCCc1ccccn1)c1cccc(OCCO)c1-c1cc(-c2ccccc2)[nH]n1. The summed E-state index contributed by atoms with van der Waals surface area (Å²) in [6.07, 6.45) is 2.36. The van der Waals surface area contributed by atoms with Gasteiger partial charge in [0.25, 0.3) is 5.91 Å². The number of carbonyl (C=O) groups excluding carboxylic acids is 1. The van der Waals surface area contributed by atoms with Crippen LogP contribution in [0.2, 0.25) is 0 Å². The molecular weight excluding hydrogens is 404 g/mol. The van der Waals surface area contributed by atoms with Gasteiger partial charge >= 0.3 is 0 Å². The lowest BCUT2D eigenvalue weighted by atomic mass is 10.0. The fourth-order valence-corrected chi connectivity index (χ4v) is 3.42. The summed E-state index contributed by atoms with van der Waals surface area (Å²) in [5, 5.41) is 19.7. The average molecular weight is 428 g/mol. The molecule has 0 aliphatic heterocycles. The molecule has 7 nitrogen and oxygen atoms in total. The Labute approximate surface area is 186 Å². The van der Waals surface area contributed by atoms with Gasteiger partial charge in [0.05, 0.1) is 29.1 Å². The highest BCUT2D eigenvalue weighted by Crippen LogP contribution is 2.34. The highest BCUT2D eigenvalue weighted by atomic mass is 16.5. The maximum Gasteiger partial charge on any atom is 0.252 e. The number of carbonyl (C=O) groups is 1. The van der Waals surface area contributed by atoms with Crippen molar-refractivity contribution in [1.29, 1.82) is 0 Å². The van der Waals surface area contributed by atoms with E-state index in [-0.39, 0.29) is 19.1 Å². The number of ether oxygens (including phenoxy) is 1. The summed E-state index contributed by atoms with van der Waals surface area (Å²) in [7, 11) is 0. The van der Waals surface area contributed by atoms with Gasteiger partial charge in [-0.1, -0.05) is 42.5 Å². The lowest BCUT2D eigenvalue weighted by Gasteiger charge is -2.14. The van der Waals surface area contributed by atoms with Gasteiger partial charge in [-0.2, -0.15) is 5.10 Å². The van der Waals surface area contributed by atoms with Crippen molar-refractivity contribution in [1.82, 2.24) is 20.5 Å². The number of aliphatic hydroxyl groups excluding tert-OH is 1. The third kappa shape index (κ3) is 5.01. The monoisotopic (exact) mass is 428 g/mol. The maximum atomic E-state index is 13.1. The predicted octanol–water partition coefficient (Wildman–Crippen LogP) is 3.48. The zero-order valence-corrected chi connectivity index (χ0v) is 17.5. The normalized spacial score (nSPS) is 10.7. The second-order valence-electron chi connectivity index (χ2n) is 7.11. The van der Waals surface area contributed by atoms with Crippen molar-refractivity contribution in [3.05, 3.63) is 90.3 Å². The lowest BCUT2D eigenvalue weighted by molar-refractivity contribution is 0.0954. The van der Waals surface area contributed by atoms with E-state index in [9.17, 15) is 9.90 Å². The molecule has 0 aliphatic carbocycles. The molecule has 2 aromatic heterocycles. The molecule has 0 radical (unpaired) electrons. The van der Waals surface area contributed by atoms with E-state index in [2.05, 4.69) is 20.5 Å². The largest absolute Gasteiger partial charge is 0.490 e. The van der Waals surface area contributed by atoms with E-state index in [0.717, 1.165) is 17.0 Å². The number of hydrogen-bond acceptors (Lipinski definition) is 5. The Balaban J connectivity index is 1.61. The van der Waals surface area contributed by atoms with Crippen molar-refractivity contribution in [2.45, 2.75) is 6.42 Å². The van der Waals surface area contributed by atoms with Crippen LogP contribution in [0.5, 0.6) is 5.75 Å². The number of nitrogens with zero attached hydrogens (tertiary/aromatic N) is 2. The van der Waals surface area contributed by atoms with Crippen molar-refractivity contribution in [2.75, 3.05) is 19.8 Å². The zero-order valence-electron chi connectivity index (χ0n) is 17.5. The quantitative estimate of drug-likeness (QED) is 0.379. The van der Waals surface area contributed by atoms with Gasteiger partial charge in [0, 0.05) is 24.9 Å². The van der Waals surface area contributed by atoms with Gasteiger partial charge in [-0.05, 0) is 35.9 Å². The Hall–Kier alpha value is -3.97. The molecule has 0 spiro atoms. The molecule has 4 rings (SSSR count). The van der Waals surface area contributed by atoms with Crippen LogP contribution in [0.1, 0.15) is 16.1 Å². The molecule has 0 aliphatic rings. The minimum atomic E-state index is -0.227. The molecule has 0 saturated heterocycles. The smallest absolute Gasteiger partial charge is 0.252 e. The first-order chi connectivity index (χ1) is 15.8. The molecule has 7 heteroatoms. The molecule has 0 unspecified atom stereocenters. The van der Waals surface area contributed by atoms with E-state index >= 15 is 0 Å². The Morgan fingerprint density at radius 3 is 2.66 bits per heavy atom. The molecule has 1 amide bonds. The van der Waals surface area contributed by atoms with E-state index < -0.39 is 0 Å². The van der Waals surface area contributed by atoms with Gasteiger partial charge in [-0.15, -0.1) is 0 Å². The van der Waals surface area contributed by atoms with Crippen LogP contribution >= 0.6 is 0 Å².